The average Bonchev–Trinajstić information content (AvgIpc) is 2.51. The summed E-state index contributed by atoms with van der Waals surface area (Å²) in [5.74, 6) is -0.308. The molecule has 0 aliphatic rings. The lowest BCUT2D eigenvalue weighted by Crippen LogP contribution is -2.41. The summed E-state index contributed by atoms with van der Waals surface area (Å²) in [5.41, 5.74) is 1.02. The summed E-state index contributed by atoms with van der Waals surface area (Å²) in [5, 5.41) is 0.960. The Morgan fingerprint density at radius 1 is 1.24 bits per heavy atom. The van der Waals surface area contributed by atoms with E-state index in [1.54, 1.807) is 22.8 Å². The van der Waals surface area contributed by atoms with Crippen molar-refractivity contribution in [2.75, 3.05) is 6.61 Å². The standard InChI is InChI=1S/C20H28FNO2Si/c1-7-8-16-17(21)11-9-15-10-12-18(23)22(19(15)16)13-14-24-25(5,6)20(2,3)4/h7,9-12H,1,8,13-14H2,2-6H3. The van der Waals surface area contributed by atoms with Crippen molar-refractivity contribution in [3.63, 3.8) is 0 Å². The number of benzene rings is 1. The number of hydrogen-bond acceptors (Lipinski definition) is 2. The first-order valence-electron chi connectivity index (χ1n) is 8.64. The molecule has 0 bridgehead atoms. The molecule has 0 saturated heterocycles. The Labute approximate surface area is 150 Å². The van der Waals surface area contributed by atoms with Gasteiger partial charge in [0.1, 0.15) is 5.82 Å². The molecule has 25 heavy (non-hydrogen) atoms. The SMILES string of the molecule is C=CCc1c(F)ccc2ccc(=O)n(CCO[Si](C)(C)C(C)(C)C)c12. The van der Waals surface area contributed by atoms with E-state index in [1.165, 1.54) is 12.1 Å². The summed E-state index contributed by atoms with van der Waals surface area (Å²) in [6.07, 6.45) is 2.04. The Bertz CT molecular complexity index is 834. The van der Waals surface area contributed by atoms with Crippen LogP contribution in [0.3, 0.4) is 0 Å². The molecule has 0 aliphatic carbocycles. The maximum absolute atomic E-state index is 14.3. The minimum Gasteiger partial charge on any atom is -0.415 e. The van der Waals surface area contributed by atoms with Gasteiger partial charge in [-0.05, 0) is 48.1 Å². The number of allylic oxidation sites excluding steroid dienone is 1. The number of aromatic nitrogens is 1. The number of rotatable bonds is 6. The van der Waals surface area contributed by atoms with Crippen molar-refractivity contribution in [3.05, 3.63) is 58.7 Å². The summed E-state index contributed by atoms with van der Waals surface area (Å²) in [7, 11) is -1.89. The van der Waals surface area contributed by atoms with Crippen molar-refractivity contribution >= 4 is 19.2 Å². The lowest BCUT2D eigenvalue weighted by atomic mass is 10.1. The monoisotopic (exact) mass is 361 g/mol. The molecular formula is C20H28FNO2Si. The number of hydrogen-bond donors (Lipinski definition) is 0. The Morgan fingerprint density at radius 3 is 2.48 bits per heavy atom. The second-order valence-electron chi connectivity index (χ2n) is 7.89. The highest BCUT2D eigenvalue weighted by Crippen LogP contribution is 2.36. The zero-order chi connectivity index (χ0) is 18.8. The van der Waals surface area contributed by atoms with Crippen molar-refractivity contribution in [3.8, 4) is 0 Å². The maximum atomic E-state index is 14.3. The zero-order valence-corrected chi connectivity index (χ0v) is 16.9. The van der Waals surface area contributed by atoms with Crippen LogP contribution in [0.2, 0.25) is 18.1 Å². The molecule has 5 heteroatoms. The minimum atomic E-state index is -1.89. The smallest absolute Gasteiger partial charge is 0.251 e. The predicted molar refractivity (Wildman–Crippen MR) is 105 cm³/mol. The van der Waals surface area contributed by atoms with Gasteiger partial charge in [-0.1, -0.05) is 26.8 Å². The van der Waals surface area contributed by atoms with Crippen LogP contribution in [0.4, 0.5) is 4.39 Å². The highest BCUT2D eigenvalue weighted by molar-refractivity contribution is 6.74. The largest absolute Gasteiger partial charge is 0.415 e. The molecule has 0 spiro atoms. The Balaban J connectivity index is 2.41. The van der Waals surface area contributed by atoms with Crippen LogP contribution >= 0.6 is 0 Å². The predicted octanol–water partition coefficient (Wildman–Crippen LogP) is 4.89. The molecule has 1 aromatic carbocycles. The van der Waals surface area contributed by atoms with Crippen LogP contribution in [-0.2, 0) is 17.4 Å². The van der Waals surface area contributed by atoms with Gasteiger partial charge in [-0.2, -0.15) is 0 Å². The number of fused-ring (bicyclic) bond motifs is 1. The van der Waals surface area contributed by atoms with Gasteiger partial charge in [0.2, 0.25) is 0 Å². The van der Waals surface area contributed by atoms with Crippen molar-refractivity contribution < 1.29 is 8.82 Å². The minimum absolute atomic E-state index is 0.108. The molecule has 0 amide bonds. The normalized spacial score (nSPS) is 12.6. The maximum Gasteiger partial charge on any atom is 0.251 e. The second kappa shape index (κ2) is 7.26. The molecule has 0 atom stereocenters. The molecule has 136 valence electrons. The molecule has 0 saturated carbocycles. The molecule has 2 rings (SSSR count). The summed E-state index contributed by atoms with van der Waals surface area (Å²) < 4.78 is 22.1. The number of nitrogens with zero attached hydrogens (tertiary/aromatic N) is 1. The van der Waals surface area contributed by atoms with Crippen molar-refractivity contribution in [2.24, 2.45) is 0 Å². The molecular weight excluding hydrogens is 333 g/mol. The van der Waals surface area contributed by atoms with E-state index in [9.17, 15) is 9.18 Å². The molecule has 1 heterocycles. The van der Waals surface area contributed by atoms with Crippen LogP contribution in [0.5, 0.6) is 0 Å². The third kappa shape index (κ3) is 4.10. The fraction of sp³-hybridized carbons (Fsp3) is 0.450. The van der Waals surface area contributed by atoms with E-state index in [4.69, 9.17) is 4.43 Å². The van der Waals surface area contributed by atoms with E-state index >= 15 is 0 Å². The molecule has 0 N–H and O–H groups in total. The first-order valence-corrected chi connectivity index (χ1v) is 11.5. The quantitative estimate of drug-likeness (QED) is 0.542. The molecule has 3 nitrogen and oxygen atoms in total. The average molecular weight is 362 g/mol. The second-order valence-corrected chi connectivity index (χ2v) is 12.7. The van der Waals surface area contributed by atoms with Gasteiger partial charge in [0.15, 0.2) is 8.32 Å². The van der Waals surface area contributed by atoms with Gasteiger partial charge in [-0.3, -0.25) is 4.79 Å². The van der Waals surface area contributed by atoms with Crippen LogP contribution < -0.4 is 5.56 Å². The lowest BCUT2D eigenvalue weighted by Gasteiger charge is -2.36. The van der Waals surface area contributed by atoms with E-state index in [2.05, 4.69) is 40.4 Å². The summed E-state index contributed by atoms with van der Waals surface area (Å²) in [4.78, 5) is 12.4. The van der Waals surface area contributed by atoms with E-state index in [-0.39, 0.29) is 16.4 Å². The van der Waals surface area contributed by atoms with E-state index < -0.39 is 8.32 Å². The van der Waals surface area contributed by atoms with Crippen molar-refractivity contribution in [2.45, 2.75) is 51.9 Å². The first-order chi connectivity index (χ1) is 11.6. The van der Waals surface area contributed by atoms with Gasteiger partial charge in [-0.15, -0.1) is 6.58 Å². The van der Waals surface area contributed by atoms with E-state index in [1.807, 2.05) is 0 Å². The topological polar surface area (TPSA) is 31.2 Å². The first kappa shape index (κ1) is 19.6. The molecule has 2 aromatic rings. The molecule has 0 unspecified atom stereocenters. The highest BCUT2D eigenvalue weighted by atomic mass is 28.4. The summed E-state index contributed by atoms with van der Waals surface area (Å²) >= 11 is 0. The molecule has 0 fully saturated rings. The van der Waals surface area contributed by atoms with Crippen LogP contribution in [0.25, 0.3) is 10.9 Å². The molecule has 1 aromatic heterocycles. The number of pyridine rings is 1. The van der Waals surface area contributed by atoms with Gasteiger partial charge >= 0.3 is 0 Å². The van der Waals surface area contributed by atoms with Gasteiger partial charge in [0.05, 0.1) is 12.1 Å². The Kier molecular flexibility index (Phi) is 5.69. The third-order valence-corrected chi connectivity index (χ3v) is 9.67. The van der Waals surface area contributed by atoms with Gasteiger partial charge in [0.25, 0.3) is 5.56 Å². The number of halogens is 1. The molecule has 0 radical (unpaired) electrons. The lowest BCUT2D eigenvalue weighted by molar-refractivity contribution is 0.272. The van der Waals surface area contributed by atoms with Gasteiger partial charge in [-0.25, -0.2) is 4.39 Å². The van der Waals surface area contributed by atoms with Crippen LogP contribution in [0.15, 0.2) is 41.7 Å². The fourth-order valence-electron chi connectivity index (χ4n) is 2.61. The van der Waals surface area contributed by atoms with Crippen molar-refractivity contribution in [1.29, 1.82) is 0 Å². The fourth-order valence-corrected chi connectivity index (χ4v) is 3.65. The van der Waals surface area contributed by atoms with Crippen LogP contribution in [-0.4, -0.2) is 19.5 Å². The molecule has 0 aliphatic heterocycles. The van der Waals surface area contributed by atoms with Gasteiger partial charge in [0, 0.05) is 18.2 Å². The van der Waals surface area contributed by atoms with Crippen LogP contribution in [0, 0.1) is 5.82 Å². The van der Waals surface area contributed by atoms with E-state index in [0.717, 1.165) is 5.39 Å². The van der Waals surface area contributed by atoms with Crippen LogP contribution in [0.1, 0.15) is 26.3 Å². The van der Waals surface area contributed by atoms with Gasteiger partial charge < -0.3 is 8.99 Å². The summed E-state index contributed by atoms with van der Waals surface area (Å²) in [6, 6.07) is 6.43. The zero-order valence-electron chi connectivity index (χ0n) is 15.9. The van der Waals surface area contributed by atoms with E-state index in [0.29, 0.717) is 30.7 Å². The highest BCUT2D eigenvalue weighted by Gasteiger charge is 2.36. The Morgan fingerprint density at radius 2 is 1.88 bits per heavy atom. The van der Waals surface area contributed by atoms with Crippen molar-refractivity contribution in [1.82, 2.24) is 4.57 Å². The Hall–Kier alpha value is -1.72. The third-order valence-electron chi connectivity index (χ3n) is 5.13. The summed E-state index contributed by atoms with van der Waals surface area (Å²) in [6.45, 7) is 15.5.